The third-order valence-corrected chi connectivity index (χ3v) is 2.12. The highest BCUT2D eigenvalue weighted by Crippen LogP contribution is 2.06. The number of amides is 1. The van der Waals surface area contributed by atoms with E-state index < -0.39 is 0 Å². The average molecular weight is 208 g/mol. The second-order valence-electron chi connectivity index (χ2n) is 3.64. The van der Waals surface area contributed by atoms with Crippen LogP contribution in [-0.4, -0.2) is 28.6 Å². The molecular formula is C11H16N2O2. The molecule has 1 rings (SSSR count). The van der Waals surface area contributed by atoms with E-state index in [1.807, 2.05) is 6.92 Å². The van der Waals surface area contributed by atoms with Crippen LogP contribution in [-0.2, 0) is 0 Å². The Morgan fingerprint density at radius 2 is 2.20 bits per heavy atom. The van der Waals surface area contributed by atoms with Gasteiger partial charge < -0.3 is 10.4 Å². The molecule has 0 saturated carbocycles. The third-order valence-electron chi connectivity index (χ3n) is 2.12. The lowest BCUT2D eigenvalue weighted by Crippen LogP contribution is -2.35. The number of hydrogen-bond donors (Lipinski definition) is 2. The van der Waals surface area contributed by atoms with E-state index in [9.17, 15) is 4.79 Å². The number of aryl methyl sites for hydroxylation is 2. The molecule has 4 heteroatoms. The van der Waals surface area contributed by atoms with Crippen molar-refractivity contribution in [1.82, 2.24) is 10.3 Å². The summed E-state index contributed by atoms with van der Waals surface area (Å²) < 4.78 is 0. The highest BCUT2D eigenvalue weighted by Gasteiger charge is 2.11. The molecule has 1 atom stereocenters. The topological polar surface area (TPSA) is 62.2 Å². The maximum atomic E-state index is 11.7. The fourth-order valence-corrected chi connectivity index (χ4v) is 1.27. The number of aliphatic hydroxyl groups excluding tert-OH is 1. The second-order valence-corrected chi connectivity index (χ2v) is 3.64. The van der Waals surface area contributed by atoms with Gasteiger partial charge in [-0.25, -0.2) is 0 Å². The van der Waals surface area contributed by atoms with Gasteiger partial charge in [-0.15, -0.1) is 0 Å². The van der Waals surface area contributed by atoms with Gasteiger partial charge >= 0.3 is 0 Å². The van der Waals surface area contributed by atoms with Crippen LogP contribution >= 0.6 is 0 Å². The Morgan fingerprint density at radius 1 is 1.53 bits per heavy atom. The average Bonchev–Trinajstić information content (AvgIpc) is 2.17. The van der Waals surface area contributed by atoms with Crippen LogP contribution in [0.1, 0.15) is 28.7 Å². The van der Waals surface area contributed by atoms with Crippen molar-refractivity contribution in [3.05, 3.63) is 29.1 Å². The molecule has 0 saturated heterocycles. The number of aromatic nitrogens is 1. The molecule has 0 bridgehead atoms. The number of nitrogens with zero attached hydrogens (tertiary/aromatic N) is 1. The molecule has 1 aromatic rings. The second kappa shape index (κ2) is 4.89. The summed E-state index contributed by atoms with van der Waals surface area (Å²) in [5.74, 6) is -0.193. The Hall–Kier alpha value is -1.42. The number of nitrogens with one attached hydrogen (secondary N) is 1. The summed E-state index contributed by atoms with van der Waals surface area (Å²) in [7, 11) is 0. The van der Waals surface area contributed by atoms with E-state index in [0.717, 1.165) is 5.69 Å². The summed E-state index contributed by atoms with van der Waals surface area (Å²) in [5.41, 5.74) is 2.15. The predicted molar refractivity (Wildman–Crippen MR) is 57.7 cm³/mol. The first-order chi connectivity index (χ1) is 7.04. The summed E-state index contributed by atoms with van der Waals surface area (Å²) in [5, 5.41) is 11.5. The van der Waals surface area contributed by atoms with Crippen LogP contribution in [0.5, 0.6) is 0 Å². The van der Waals surface area contributed by atoms with Crippen molar-refractivity contribution in [3.8, 4) is 0 Å². The fourth-order valence-electron chi connectivity index (χ4n) is 1.27. The predicted octanol–water partition coefficient (Wildman–Crippen LogP) is 0.809. The van der Waals surface area contributed by atoms with Gasteiger partial charge in [0.05, 0.1) is 17.9 Å². The molecule has 0 aromatic carbocycles. The lowest BCUT2D eigenvalue weighted by atomic mass is 10.1. The number of aliphatic hydroxyl groups is 1. The van der Waals surface area contributed by atoms with Gasteiger partial charge in [0, 0.05) is 11.7 Å². The fraction of sp³-hybridized carbons (Fsp3) is 0.455. The lowest BCUT2D eigenvalue weighted by molar-refractivity contribution is 0.0921. The van der Waals surface area contributed by atoms with Gasteiger partial charge in [0.15, 0.2) is 0 Å². The zero-order chi connectivity index (χ0) is 11.4. The van der Waals surface area contributed by atoms with E-state index in [-0.39, 0.29) is 18.6 Å². The quantitative estimate of drug-likeness (QED) is 0.772. The summed E-state index contributed by atoms with van der Waals surface area (Å²) in [6, 6.07) is 3.31. The van der Waals surface area contributed by atoms with Gasteiger partial charge in [0.2, 0.25) is 0 Å². The van der Waals surface area contributed by atoms with Crippen LogP contribution in [0.15, 0.2) is 12.1 Å². The first-order valence-electron chi connectivity index (χ1n) is 4.90. The molecule has 1 heterocycles. The molecule has 2 N–H and O–H groups in total. The first-order valence-corrected chi connectivity index (χ1v) is 4.90. The van der Waals surface area contributed by atoms with Crippen molar-refractivity contribution in [1.29, 1.82) is 0 Å². The van der Waals surface area contributed by atoms with Crippen LogP contribution < -0.4 is 5.32 Å². The molecule has 1 aromatic heterocycles. The van der Waals surface area contributed by atoms with E-state index in [2.05, 4.69) is 10.3 Å². The van der Waals surface area contributed by atoms with Crippen molar-refractivity contribution in [2.24, 2.45) is 0 Å². The minimum atomic E-state index is -0.238. The maximum Gasteiger partial charge on any atom is 0.253 e. The van der Waals surface area contributed by atoms with Crippen LogP contribution in [0.25, 0.3) is 0 Å². The third kappa shape index (κ3) is 3.02. The van der Waals surface area contributed by atoms with Gasteiger partial charge in [-0.05, 0) is 32.9 Å². The Balaban J connectivity index is 2.82. The summed E-state index contributed by atoms with van der Waals surface area (Å²) in [6.45, 7) is 5.36. The van der Waals surface area contributed by atoms with Crippen molar-refractivity contribution >= 4 is 5.91 Å². The highest BCUT2D eigenvalue weighted by molar-refractivity contribution is 5.95. The molecule has 1 amide bonds. The number of carbonyl (C=O) groups is 1. The number of pyridine rings is 1. The summed E-state index contributed by atoms with van der Waals surface area (Å²) in [6.07, 6.45) is 0. The van der Waals surface area contributed by atoms with E-state index in [1.165, 1.54) is 0 Å². The Morgan fingerprint density at radius 3 is 2.73 bits per heavy atom. The molecule has 0 aliphatic rings. The maximum absolute atomic E-state index is 11.7. The van der Waals surface area contributed by atoms with E-state index in [0.29, 0.717) is 11.3 Å². The molecule has 0 fully saturated rings. The van der Waals surface area contributed by atoms with Gasteiger partial charge in [-0.3, -0.25) is 9.78 Å². The van der Waals surface area contributed by atoms with Crippen molar-refractivity contribution in [2.45, 2.75) is 26.8 Å². The molecule has 0 spiro atoms. The Kier molecular flexibility index (Phi) is 3.80. The Labute approximate surface area is 89.3 Å². The molecular weight excluding hydrogens is 192 g/mol. The SMILES string of the molecule is Cc1ccc(C(=O)N[C@H](C)CO)c(C)n1. The smallest absolute Gasteiger partial charge is 0.253 e. The van der Waals surface area contributed by atoms with Crippen molar-refractivity contribution in [3.63, 3.8) is 0 Å². The summed E-state index contributed by atoms with van der Waals surface area (Å²) >= 11 is 0. The normalized spacial score (nSPS) is 12.3. The number of rotatable bonds is 3. The van der Waals surface area contributed by atoms with Crippen LogP contribution in [0.4, 0.5) is 0 Å². The van der Waals surface area contributed by atoms with Crippen LogP contribution in [0, 0.1) is 13.8 Å². The van der Waals surface area contributed by atoms with Gasteiger partial charge in [-0.2, -0.15) is 0 Å². The largest absolute Gasteiger partial charge is 0.394 e. The van der Waals surface area contributed by atoms with Gasteiger partial charge in [-0.1, -0.05) is 0 Å². The van der Waals surface area contributed by atoms with Crippen molar-refractivity contribution < 1.29 is 9.90 Å². The van der Waals surface area contributed by atoms with Crippen molar-refractivity contribution in [2.75, 3.05) is 6.61 Å². The van der Waals surface area contributed by atoms with E-state index >= 15 is 0 Å². The van der Waals surface area contributed by atoms with Crippen LogP contribution in [0.3, 0.4) is 0 Å². The molecule has 0 aliphatic heterocycles. The Bertz CT molecular complexity index is 364. The van der Waals surface area contributed by atoms with Crippen LogP contribution in [0.2, 0.25) is 0 Å². The summed E-state index contributed by atoms with van der Waals surface area (Å²) in [4.78, 5) is 15.9. The monoisotopic (exact) mass is 208 g/mol. The number of hydrogen-bond acceptors (Lipinski definition) is 3. The van der Waals surface area contributed by atoms with E-state index in [1.54, 1.807) is 26.0 Å². The zero-order valence-corrected chi connectivity index (χ0v) is 9.24. The lowest BCUT2D eigenvalue weighted by Gasteiger charge is -2.11. The van der Waals surface area contributed by atoms with E-state index in [4.69, 9.17) is 5.11 Å². The first kappa shape index (κ1) is 11.7. The zero-order valence-electron chi connectivity index (χ0n) is 9.24. The van der Waals surface area contributed by atoms with Gasteiger partial charge in [0.25, 0.3) is 5.91 Å². The minimum absolute atomic E-state index is 0.0654. The molecule has 0 unspecified atom stereocenters. The molecule has 0 radical (unpaired) electrons. The number of carbonyl (C=O) groups excluding carboxylic acids is 1. The van der Waals surface area contributed by atoms with Gasteiger partial charge in [0.1, 0.15) is 0 Å². The highest BCUT2D eigenvalue weighted by atomic mass is 16.3. The molecule has 4 nitrogen and oxygen atoms in total. The standard InChI is InChI=1S/C11H16N2O2/c1-7-4-5-10(9(3)12-7)11(15)13-8(2)6-14/h4-5,8,14H,6H2,1-3H3,(H,13,15)/t8-/m1/s1. The molecule has 0 aliphatic carbocycles. The molecule has 15 heavy (non-hydrogen) atoms. The molecule has 82 valence electrons. The minimum Gasteiger partial charge on any atom is -0.394 e.